The Kier molecular flexibility index (Phi) is 7.49. The number of amides is 3. The zero-order chi connectivity index (χ0) is 12.6. The largest absolute Gasteiger partial charge is 0.380 e. The van der Waals surface area contributed by atoms with Crippen LogP contribution in [0.25, 0.3) is 0 Å². The van der Waals surface area contributed by atoms with Crippen LogP contribution in [-0.4, -0.2) is 37.7 Å². The number of ether oxygens (including phenoxy) is 1. The topological polar surface area (TPSA) is 93.4 Å². The Morgan fingerprint density at radius 1 is 1.31 bits per heavy atom. The minimum absolute atomic E-state index is 0.434. The van der Waals surface area contributed by atoms with E-state index < -0.39 is 18.0 Å². The molecule has 0 radical (unpaired) electrons. The molecule has 0 saturated carbocycles. The van der Waals surface area contributed by atoms with Crippen LogP contribution in [0.15, 0.2) is 0 Å². The molecule has 0 aliphatic rings. The first-order valence-corrected chi connectivity index (χ1v) is 5.35. The highest BCUT2D eigenvalue weighted by atomic mass is 16.5. The van der Waals surface area contributed by atoms with Gasteiger partial charge in [-0.25, -0.2) is 4.79 Å². The van der Waals surface area contributed by atoms with Crippen LogP contribution < -0.4 is 16.4 Å². The maximum Gasteiger partial charge on any atom is 0.318 e. The van der Waals surface area contributed by atoms with E-state index in [1.165, 1.54) is 0 Å². The minimum Gasteiger partial charge on any atom is -0.380 e. The Labute approximate surface area is 95.9 Å². The molecule has 6 nitrogen and oxygen atoms in total. The molecule has 0 spiro atoms. The highest BCUT2D eigenvalue weighted by Gasteiger charge is 2.12. The average molecular weight is 231 g/mol. The second-order valence-corrected chi connectivity index (χ2v) is 4.00. The predicted octanol–water partition coefficient (Wildman–Crippen LogP) is -0.168. The van der Waals surface area contributed by atoms with E-state index in [2.05, 4.69) is 19.2 Å². The van der Waals surface area contributed by atoms with E-state index in [9.17, 15) is 9.59 Å². The fraction of sp³-hybridized carbons (Fsp3) is 0.800. The molecule has 6 heteroatoms. The predicted molar refractivity (Wildman–Crippen MR) is 60.8 cm³/mol. The molecule has 0 aliphatic heterocycles. The number of nitrogens with two attached hydrogens (primary N) is 1. The number of nitrogens with one attached hydrogen (secondary N) is 2. The Bertz CT molecular complexity index is 231. The van der Waals surface area contributed by atoms with Gasteiger partial charge in [0.1, 0.15) is 0 Å². The highest BCUT2D eigenvalue weighted by molar-refractivity contribution is 5.96. The molecule has 0 fully saturated rings. The second kappa shape index (κ2) is 8.06. The Balaban J connectivity index is 3.53. The number of hydrogen-bond acceptors (Lipinski definition) is 4. The van der Waals surface area contributed by atoms with Gasteiger partial charge in [0.05, 0.1) is 12.6 Å². The van der Waals surface area contributed by atoms with E-state index in [4.69, 9.17) is 10.5 Å². The van der Waals surface area contributed by atoms with Gasteiger partial charge in [-0.15, -0.1) is 0 Å². The van der Waals surface area contributed by atoms with Crippen molar-refractivity contribution in [3.8, 4) is 0 Å². The molecule has 0 aliphatic carbocycles. The molecule has 16 heavy (non-hydrogen) atoms. The van der Waals surface area contributed by atoms with Crippen molar-refractivity contribution in [2.24, 2.45) is 11.7 Å². The van der Waals surface area contributed by atoms with Gasteiger partial charge in [0.25, 0.3) is 0 Å². The number of imide groups is 1. The lowest BCUT2D eigenvalue weighted by molar-refractivity contribution is -0.121. The van der Waals surface area contributed by atoms with Crippen LogP contribution in [0, 0.1) is 5.92 Å². The summed E-state index contributed by atoms with van der Waals surface area (Å²) >= 11 is 0. The molecule has 1 atom stereocenters. The summed E-state index contributed by atoms with van der Waals surface area (Å²) in [5.74, 6) is 0.0620. The summed E-state index contributed by atoms with van der Waals surface area (Å²) < 4.78 is 5.32. The summed E-state index contributed by atoms with van der Waals surface area (Å²) in [6.07, 6.45) is 0. The molecular formula is C10H21N3O3. The molecule has 0 aromatic rings. The van der Waals surface area contributed by atoms with Gasteiger partial charge in [-0.3, -0.25) is 10.1 Å². The monoisotopic (exact) mass is 231 g/mol. The molecule has 1 unspecified atom stereocenters. The molecular weight excluding hydrogens is 210 g/mol. The Morgan fingerprint density at radius 2 is 1.94 bits per heavy atom. The molecule has 3 amide bonds. The average Bonchev–Trinajstić information content (AvgIpc) is 2.15. The van der Waals surface area contributed by atoms with Crippen molar-refractivity contribution in [1.82, 2.24) is 10.6 Å². The Morgan fingerprint density at radius 3 is 2.44 bits per heavy atom. The third-order valence-corrected chi connectivity index (χ3v) is 1.79. The van der Waals surface area contributed by atoms with Crippen molar-refractivity contribution < 1.29 is 14.3 Å². The molecule has 0 heterocycles. The van der Waals surface area contributed by atoms with Gasteiger partial charge in [-0.2, -0.15) is 0 Å². The van der Waals surface area contributed by atoms with Crippen molar-refractivity contribution >= 4 is 11.9 Å². The fourth-order valence-electron chi connectivity index (χ4n) is 0.989. The number of carbonyl (C=O) groups is 2. The van der Waals surface area contributed by atoms with Crippen LogP contribution in [0.3, 0.4) is 0 Å². The lowest BCUT2D eigenvalue weighted by Crippen LogP contribution is -2.47. The molecule has 94 valence electrons. The summed E-state index contributed by atoms with van der Waals surface area (Å²) in [6.45, 7) is 7.57. The third kappa shape index (κ3) is 8.19. The number of carbonyl (C=O) groups excluding carboxylic acids is 2. The molecule has 4 N–H and O–H groups in total. The van der Waals surface area contributed by atoms with Gasteiger partial charge < -0.3 is 15.8 Å². The molecule has 0 aromatic heterocycles. The van der Waals surface area contributed by atoms with Gasteiger partial charge in [0.15, 0.2) is 0 Å². The van der Waals surface area contributed by atoms with E-state index in [-0.39, 0.29) is 0 Å². The normalized spacial score (nSPS) is 12.5. The number of hydrogen-bond donors (Lipinski definition) is 3. The zero-order valence-corrected chi connectivity index (χ0v) is 10.1. The second-order valence-electron chi connectivity index (χ2n) is 4.00. The zero-order valence-electron chi connectivity index (χ0n) is 10.1. The first-order chi connectivity index (χ1) is 7.43. The van der Waals surface area contributed by atoms with Crippen LogP contribution in [0.5, 0.6) is 0 Å². The molecule has 0 aromatic carbocycles. The number of primary amides is 1. The minimum atomic E-state index is -0.838. The van der Waals surface area contributed by atoms with Crippen LogP contribution in [0.1, 0.15) is 20.8 Å². The lowest BCUT2D eigenvalue weighted by atomic mass is 10.2. The summed E-state index contributed by atoms with van der Waals surface area (Å²) in [4.78, 5) is 21.6. The maximum absolute atomic E-state index is 11.2. The lowest BCUT2D eigenvalue weighted by Gasteiger charge is -2.13. The molecule has 0 bridgehead atoms. The highest BCUT2D eigenvalue weighted by Crippen LogP contribution is 1.91. The van der Waals surface area contributed by atoms with Crippen molar-refractivity contribution in [2.75, 3.05) is 19.8 Å². The van der Waals surface area contributed by atoms with Crippen molar-refractivity contribution in [3.05, 3.63) is 0 Å². The van der Waals surface area contributed by atoms with Gasteiger partial charge >= 0.3 is 6.03 Å². The van der Waals surface area contributed by atoms with E-state index >= 15 is 0 Å². The van der Waals surface area contributed by atoms with Crippen molar-refractivity contribution in [2.45, 2.75) is 26.8 Å². The summed E-state index contributed by atoms with van der Waals surface area (Å²) in [6, 6.07) is -1.30. The quantitative estimate of drug-likeness (QED) is 0.530. The molecule has 0 rings (SSSR count). The Hall–Kier alpha value is -1.14. The van der Waals surface area contributed by atoms with E-state index in [0.717, 1.165) is 0 Å². The van der Waals surface area contributed by atoms with Gasteiger partial charge in [-0.05, 0) is 12.8 Å². The smallest absolute Gasteiger partial charge is 0.318 e. The first-order valence-electron chi connectivity index (χ1n) is 5.35. The number of rotatable bonds is 7. The summed E-state index contributed by atoms with van der Waals surface area (Å²) in [5, 5.41) is 4.91. The maximum atomic E-state index is 11.2. The van der Waals surface area contributed by atoms with Crippen molar-refractivity contribution in [1.29, 1.82) is 0 Å². The van der Waals surface area contributed by atoms with E-state index in [1.807, 2.05) is 5.32 Å². The van der Waals surface area contributed by atoms with Gasteiger partial charge in [0.2, 0.25) is 5.91 Å². The third-order valence-electron chi connectivity index (χ3n) is 1.79. The molecule has 0 saturated heterocycles. The first kappa shape index (κ1) is 14.9. The SMILES string of the molecule is CC(C)COCCNC(C)C(=O)NC(N)=O. The van der Waals surface area contributed by atoms with Gasteiger partial charge in [0, 0.05) is 13.2 Å². The van der Waals surface area contributed by atoms with Crippen LogP contribution in [0.4, 0.5) is 4.79 Å². The fourth-order valence-corrected chi connectivity index (χ4v) is 0.989. The van der Waals surface area contributed by atoms with Crippen molar-refractivity contribution in [3.63, 3.8) is 0 Å². The van der Waals surface area contributed by atoms with E-state index in [1.54, 1.807) is 6.92 Å². The van der Waals surface area contributed by atoms with Crippen LogP contribution in [0.2, 0.25) is 0 Å². The number of urea groups is 1. The summed E-state index contributed by atoms with van der Waals surface area (Å²) in [5.41, 5.74) is 4.82. The van der Waals surface area contributed by atoms with Crippen LogP contribution in [-0.2, 0) is 9.53 Å². The van der Waals surface area contributed by atoms with Crippen LogP contribution >= 0.6 is 0 Å². The summed E-state index contributed by atoms with van der Waals surface area (Å²) in [7, 11) is 0. The van der Waals surface area contributed by atoms with Gasteiger partial charge in [-0.1, -0.05) is 13.8 Å². The van der Waals surface area contributed by atoms with E-state index in [0.29, 0.717) is 25.7 Å². The standard InChI is InChI=1S/C10H21N3O3/c1-7(2)6-16-5-4-12-8(3)9(14)13-10(11)15/h7-8,12H,4-6H2,1-3H3,(H3,11,13,14,15).